The van der Waals surface area contributed by atoms with Crippen LogP contribution in [0.5, 0.6) is 5.75 Å². The maximum Gasteiger partial charge on any atom is 0.201 e. The van der Waals surface area contributed by atoms with Crippen LogP contribution >= 0.6 is 0 Å². The summed E-state index contributed by atoms with van der Waals surface area (Å²) in [6.45, 7) is 2.50. The zero-order chi connectivity index (χ0) is 14.8. The molecular formula is C16H17N3O2. The van der Waals surface area contributed by atoms with E-state index in [1.807, 2.05) is 54.1 Å². The number of para-hydroxylation sites is 1. The minimum atomic E-state index is 0.449. The van der Waals surface area contributed by atoms with Crippen molar-refractivity contribution in [1.82, 2.24) is 9.55 Å². The summed E-state index contributed by atoms with van der Waals surface area (Å²) >= 11 is 0. The number of imidazole rings is 1. The van der Waals surface area contributed by atoms with E-state index in [1.54, 1.807) is 7.11 Å². The molecule has 3 aromatic rings. The lowest BCUT2D eigenvalue weighted by Gasteiger charge is -2.09. The highest BCUT2D eigenvalue weighted by atomic mass is 16.5. The summed E-state index contributed by atoms with van der Waals surface area (Å²) in [5.74, 6) is 2.85. The molecule has 21 heavy (non-hydrogen) atoms. The quantitative estimate of drug-likeness (QED) is 0.799. The van der Waals surface area contributed by atoms with Gasteiger partial charge in [-0.05, 0) is 25.1 Å². The van der Waals surface area contributed by atoms with Crippen LogP contribution < -0.4 is 10.5 Å². The number of nitrogens with zero attached hydrogens (tertiary/aromatic N) is 2. The summed E-state index contributed by atoms with van der Waals surface area (Å²) in [4.78, 5) is 4.35. The predicted molar refractivity (Wildman–Crippen MR) is 81.2 cm³/mol. The number of methoxy groups -OCH3 is 1. The van der Waals surface area contributed by atoms with Gasteiger partial charge in [0.2, 0.25) is 5.95 Å². The zero-order valence-electron chi connectivity index (χ0n) is 12.0. The Hall–Kier alpha value is -2.69. The van der Waals surface area contributed by atoms with Crippen LogP contribution in [0.3, 0.4) is 0 Å². The maximum absolute atomic E-state index is 5.99. The van der Waals surface area contributed by atoms with Crippen LogP contribution in [-0.4, -0.2) is 16.7 Å². The van der Waals surface area contributed by atoms with E-state index in [-0.39, 0.29) is 0 Å². The predicted octanol–water partition coefficient (Wildman–Crippen LogP) is 3.09. The second-order valence-corrected chi connectivity index (χ2v) is 4.83. The standard InChI is InChI=1S/C16H17N3O2/c1-11-7-8-15(21-11)13-10-19(16(17)18-13)9-12-5-3-4-6-14(12)20-2/h3-8,10H,9H2,1-2H3,(H2,17,18). The summed E-state index contributed by atoms with van der Waals surface area (Å²) in [6, 6.07) is 11.7. The average Bonchev–Trinajstić information content (AvgIpc) is 3.06. The van der Waals surface area contributed by atoms with Gasteiger partial charge in [0.15, 0.2) is 5.76 Å². The number of benzene rings is 1. The van der Waals surface area contributed by atoms with E-state index in [1.165, 1.54) is 0 Å². The Morgan fingerprint density at radius 2 is 2.05 bits per heavy atom. The molecular weight excluding hydrogens is 266 g/mol. The Morgan fingerprint density at radius 3 is 2.76 bits per heavy atom. The summed E-state index contributed by atoms with van der Waals surface area (Å²) in [7, 11) is 1.66. The molecule has 0 fully saturated rings. The molecule has 0 radical (unpaired) electrons. The maximum atomic E-state index is 5.99. The third kappa shape index (κ3) is 2.63. The Morgan fingerprint density at radius 1 is 1.24 bits per heavy atom. The largest absolute Gasteiger partial charge is 0.496 e. The Balaban J connectivity index is 1.91. The molecule has 0 atom stereocenters. The van der Waals surface area contributed by atoms with Gasteiger partial charge in [0, 0.05) is 11.8 Å². The van der Waals surface area contributed by atoms with Crippen LogP contribution in [0.4, 0.5) is 5.95 Å². The molecule has 0 spiro atoms. The van der Waals surface area contributed by atoms with Gasteiger partial charge in [-0.3, -0.25) is 0 Å². The van der Waals surface area contributed by atoms with Gasteiger partial charge < -0.3 is 19.5 Å². The van der Waals surface area contributed by atoms with Crippen LogP contribution in [0.15, 0.2) is 47.0 Å². The van der Waals surface area contributed by atoms with Gasteiger partial charge in [-0.1, -0.05) is 18.2 Å². The van der Waals surface area contributed by atoms with Crippen molar-refractivity contribution in [3.05, 3.63) is 53.9 Å². The van der Waals surface area contributed by atoms with Crippen LogP contribution in [0.1, 0.15) is 11.3 Å². The lowest BCUT2D eigenvalue weighted by molar-refractivity contribution is 0.408. The summed E-state index contributed by atoms with van der Waals surface area (Å²) in [5, 5.41) is 0. The summed E-state index contributed by atoms with van der Waals surface area (Å²) in [6.07, 6.45) is 1.89. The van der Waals surface area contributed by atoms with Crippen molar-refractivity contribution in [3.8, 4) is 17.2 Å². The van der Waals surface area contributed by atoms with Gasteiger partial charge in [0.1, 0.15) is 17.2 Å². The number of hydrogen-bond acceptors (Lipinski definition) is 4. The van der Waals surface area contributed by atoms with E-state index >= 15 is 0 Å². The normalized spacial score (nSPS) is 10.8. The second-order valence-electron chi connectivity index (χ2n) is 4.83. The summed E-state index contributed by atoms with van der Waals surface area (Å²) in [5.41, 5.74) is 7.77. The number of hydrogen-bond donors (Lipinski definition) is 1. The van der Waals surface area contributed by atoms with Gasteiger partial charge in [-0.25, -0.2) is 4.98 Å². The van der Waals surface area contributed by atoms with Crippen LogP contribution in [0, 0.1) is 6.92 Å². The van der Waals surface area contributed by atoms with Crippen molar-refractivity contribution >= 4 is 5.95 Å². The molecule has 0 saturated heterocycles. The molecule has 108 valence electrons. The van der Waals surface area contributed by atoms with E-state index < -0.39 is 0 Å². The fourth-order valence-electron chi connectivity index (χ4n) is 2.26. The molecule has 2 N–H and O–H groups in total. The number of ether oxygens (including phenoxy) is 1. The third-order valence-corrected chi connectivity index (χ3v) is 3.33. The van der Waals surface area contributed by atoms with E-state index in [9.17, 15) is 0 Å². The van der Waals surface area contributed by atoms with E-state index in [0.29, 0.717) is 12.5 Å². The molecule has 3 rings (SSSR count). The first kappa shape index (κ1) is 13.3. The molecule has 0 saturated carbocycles. The average molecular weight is 283 g/mol. The van der Waals surface area contributed by atoms with Crippen molar-refractivity contribution in [1.29, 1.82) is 0 Å². The molecule has 0 bridgehead atoms. The van der Waals surface area contributed by atoms with E-state index in [4.69, 9.17) is 14.9 Å². The highest BCUT2D eigenvalue weighted by molar-refractivity contribution is 5.54. The third-order valence-electron chi connectivity index (χ3n) is 3.33. The van der Waals surface area contributed by atoms with Gasteiger partial charge in [0.25, 0.3) is 0 Å². The molecule has 0 aliphatic rings. The fourth-order valence-corrected chi connectivity index (χ4v) is 2.26. The molecule has 5 heteroatoms. The van der Waals surface area contributed by atoms with Crippen LogP contribution in [0.25, 0.3) is 11.5 Å². The molecule has 5 nitrogen and oxygen atoms in total. The van der Waals surface area contributed by atoms with Gasteiger partial charge >= 0.3 is 0 Å². The van der Waals surface area contributed by atoms with Crippen molar-refractivity contribution < 1.29 is 9.15 Å². The first-order chi connectivity index (χ1) is 10.2. The van der Waals surface area contributed by atoms with Crippen molar-refractivity contribution in [2.45, 2.75) is 13.5 Å². The molecule has 0 amide bonds. The molecule has 0 unspecified atom stereocenters. The highest BCUT2D eigenvalue weighted by Crippen LogP contribution is 2.24. The summed E-state index contributed by atoms with van der Waals surface area (Å²) < 4.78 is 12.8. The topological polar surface area (TPSA) is 66.2 Å². The lowest BCUT2D eigenvalue weighted by Crippen LogP contribution is -2.04. The van der Waals surface area contributed by atoms with Crippen LogP contribution in [0.2, 0.25) is 0 Å². The Kier molecular flexibility index (Phi) is 3.39. The molecule has 1 aromatic carbocycles. The smallest absolute Gasteiger partial charge is 0.201 e. The highest BCUT2D eigenvalue weighted by Gasteiger charge is 2.11. The number of nitrogen functional groups attached to an aromatic ring is 1. The van der Waals surface area contributed by atoms with Crippen molar-refractivity contribution in [2.24, 2.45) is 0 Å². The minimum Gasteiger partial charge on any atom is -0.496 e. The molecule has 2 heterocycles. The number of anilines is 1. The number of aryl methyl sites for hydroxylation is 1. The van der Waals surface area contributed by atoms with Crippen LogP contribution in [-0.2, 0) is 6.54 Å². The van der Waals surface area contributed by atoms with Gasteiger partial charge in [0.05, 0.1) is 13.7 Å². The van der Waals surface area contributed by atoms with Crippen molar-refractivity contribution in [2.75, 3.05) is 12.8 Å². The SMILES string of the molecule is COc1ccccc1Cn1cc(-c2ccc(C)o2)nc1N. The Bertz CT molecular complexity index is 758. The van der Waals surface area contributed by atoms with Gasteiger partial charge in [-0.2, -0.15) is 0 Å². The molecule has 2 aromatic heterocycles. The lowest BCUT2D eigenvalue weighted by atomic mass is 10.2. The number of aromatic nitrogens is 2. The Labute approximate surface area is 123 Å². The first-order valence-electron chi connectivity index (χ1n) is 6.68. The number of rotatable bonds is 4. The van der Waals surface area contributed by atoms with Gasteiger partial charge in [-0.15, -0.1) is 0 Å². The van der Waals surface area contributed by atoms with Crippen molar-refractivity contribution in [3.63, 3.8) is 0 Å². The monoisotopic (exact) mass is 283 g/mol. The molecule has 0 aliphatic carbocycles. The minimum absolute atomic E-state index is 0.449. The number of nitrogens with two attached hydrogens (primary N) is 1. The van der Waals surface area contributed by atoms with E-state index in [2.05, 4.69) is 4.98 Å². The van der Waals surface area contributed by atoms with E-state index in [0.717, 1.165) is 28.5 Å². The molecule has 0 aliphatic heterocycles. The number of furan rings is 1. The fraction of sp³-hybridized carbons (Fsp3) is 0.188. The zero-order valence-corrected chi connectivity index (χ0v) is 12.0. The first-order valence-corrected chi connectivity index (χ1v) is 6.68. The second kappa shape index (κ2) is 5.36.